The Morgan fingerprint density at radius 3 is 2.62 bits per heavy atom. The molecule has 0 amide bonds. The van der Waals surface area contributed by atoms with Crippen molar-refractivity contribution in [1.29, 1.82) is 0 Å². The van der Waals surface area contributed by atoms with Gasteiger partial charge in [0.1, 0.15) is 5.75 Å². The van der Waals surface area contributed by atoms with Crippen LogP contribution in [0.2, 0.25) is 5.02 Å². The molecule has 0 fully saturated rings. The van der Waals surface area contributed by atoms with Gasteiger partial charge in [0.05, 0.1) is 11.3 Å². The van der Waals surface area contributed by atoms with Crippen LogP contribution in [0.5, 0.6) is 0 Å². The maximum atomic E-state index is 12.9. The minimum atomic E-state index is -1.00. The normalized spacial score (nSPS) is 12.3. The zero-order valence-corrected chi connectivity index (χ0v) is 16.6. The van der Waals surface area contributed by atoms with Crippen LogP contribution in [0, 0.1) is 0 Å². The summed E-state index contributed by atoms with van der Waals surface area (Å²) in [6, 6.07) is 6.40. The van der Waals surface area contributed by atoms with Gasteiger partial charge in [0.2, 0.25) is 0 Å². The van der Waals surface area contributed by atoms with Crippen LogP contribution < -0.4 is 4.72 Å². The molecule has 1 rings (SSSR count). The summed E-state index contributed by atoms with van der Waals surface area (Å²) in [5.41, 5.74) is 0.792. The molecule has 0 atom stereocenters. The average molecular weight is 412 g/mol. The third-order valence-electron chi connectivity index (χ3n) is 2.82. The Hall–Kier alpha value is -1.96. The van der Waals surface area contributed by atoms with E-state index < -0.39 is 11.8 Å². The van der Waals surface area contributed by atoms with Crippen molar-refractivity contribution in [3.63, 3.8) is 0 Å². The van der Waals surface area contributed by atoms with E-state index in [1.807, 2.05) is 6.26 Å². The lowest BCUT2D eigenvalue weighted by molar-refractivity contribution is -0.133. The first-order chi connectivity index (χ1) is 12.3. The summed E-state index contributed by atoms with van der Waals surface area (Å²) in [6.45, 7) is 1.34. The number of carbonyl (C=O) groups is 3. The Labute approximate surface area is 165 Å². The standard InChI is InChI=1S/C18H18ClNO4S2/c1-12(21)9-15(18(24)13-5-3-6-14(19)10-13)16(7-4-8-25-2)20-26-11-17(22)23/h3-10,20H,11H2,1-2H3,(H,22,23)/b8-4-,15-9-,16-7+. The molecule has 0 radical (unpaired) electrons. The Bertz CT molecular complexity index is 772. The third-order valence-corrected chi connectivity index (χ3v) is 4.24. The first-order valence-electron chi connectivity index (χ1n) is 7.37. The number of halogens is 1. The van der Waals surface area contributed by atoms with Crippen molar-refractivity contribution < 1.29 is 19.5 Å². The highest BCUT2D eigenvalue weighted by Crippen LogP contribution is 2.20. The molecule has 1 aromatic carbocycles. The van der Waals surface area contributed by atoms with E-state index >= 15 is 0 Å². The van der Waals surface area contributed by atoms with E-state index in [2.05, 4.69) is 4.72 Å². The van der Waals surface area contributed by atoms with Gasteiger partial charge in [0.15, 0.2) is 11.6 Å². The summed E-state index contributed by atoms with van der Waals surface area (Å²) in [5, 5.41) is 11.0. The molecule has 1 aromatic rings. The number of carboxylic acid groups (broad SMARTS) is 1. The quantitative estimate of drug-likeness (QED) is 0.259. The molecule has 0 heterocycles. The van der Waals surface area contributed by atoms with Gasteiger partial charge in [-0.25, -0.2) is 0 Å². The number of rotatable bonds is 10. The smallest absolute Gasteiger partial charge is 0.315 e. The van der Waals surface area contributed by atoms with E-state index in [0.717, 1.165) is 11.9 Å². The van der Waals surface area contributed by atoms with E-state index in [9.17, 15) is 14.4 Å². The van der Waals surface area contributed by atoms with Crippen LogP contribution in [-0.2, 0) is 9.59 Å². The molecule has 8 heteroatoms. The fourth-order valence-corrected chi connectivity index (χ4v) is 2.78. The van der Waals surface area contributed by atoms with Crippen molar-refractivity contribution in [2.75, 3.05) is 12.0 Å². The van der Waals surface area contributed by atoms with Gasteiger partial charge in [0.25, 0.3) is 0 Å². The van der Waals surface area contributed by atoms with Crippen molar-refractivity contribution in [2.45, 2.75) is 6.92 Å². The molecule has 0 spiro atoms. The predicted octanol–water partition coefficient (Wildman–Crippen LogP) is 4.12. The van der Waals surface area contributed by atoms with Gasteiger partial charge in [-0.1, -0.05) is 29.8 Å². The lowest BCUT2D eigenvalue weighted by Crippen LogP contribution is -2.17. The topological polar surface area (TPSA) is 83.5 Å². The number of hydrogen-bond acceptors (Lipinski definition) is 6. The molecule has 0 unspecified atom stereocenters. The van der Waals surface area contributed by atoms with Gasteiger partial charge in [-0.05, 0) is 54.8 Å². The molecule has 26 heavy (non-hydrogen) atoms. The fourth-order valence-electron chi connectivity index (χ4n) is 1.82. The summed E-state index contributed by atoms with van der Waals surface area (Å²) in [7, 11) is 0. The molecule has 0 saturated carbocycles. The first-order valence-corrected chi connectivity index (χ1v) is 10.0. The van der Waals surface area contributed by atoms with E-state index in [1.165, 1.54) is 30.8 Å². The van der Waals surface area contributed by atoms with E-state index in [0.29, 0.717) is 16.3 Å². The zero-order valence-electron chi connectivity index (χ0n) is 14.2. The Morgan fingerprint density at radius 2 is 2.04 bits per heavy atom. The van der Waals surface area contributed by atoms with Gasteiger partial charge in [-0.3, -0.25) is 14.4 Å². The van der Waals surface area contributed by atoms with E-state index in [-0.39, 0.29) is 17.1 Å². The lowest BCUT2D eigenvalue weighted by Gasteiger charge is -2.13. The Balaban J connectivity index is 3.27. The Kier molecular flexibility index (Phi) is 9.87. The molecular weight excluding hydrogens is 394 g/mol. The van der Waals surface area contributed by atoms with Crippen molar-refractivity contribution in [1.82, 2.24) is 4.72 Å². The summed E-state index contributed by atoms with van der Waals surface area (Å²) in [6.07, 6.45) is 6.41. The number of hydrogen-bond donors (Lipinski definition) is 2. The number of benzene rings is 1. The van der Waals surface area contributed by atoms with Crippen LogP contribution in [-0.4, -0.2) is 34.7 Å². The first kappa shape index (κ1) is 22.1. The molecule has 0 aromatic heterocycles. The highest BCUT2D eigenvalue weighted by Gasteiger charge is 2.18. The van der Waals surface area contributed by atoms with Crippen LogP contribution in [0.4, 0.5) is 0 Å². The van der Waals surface area contributed by atoms with Crippen molar-refractivity contribution in [3.8, 4) is 0 Å². The predicted molar refractivity (Wildman–Crippen MR) is 109 cm³/mol. The highest BCUT2D eigenvalue weighted by molar-refractivity contribution is 8.01. The molecule has 2 N–H and O–H groups in total. The monoisotopic (exact) mass is 411 g/mol. The summed E-state index contributed by atoms with van der Waals surface area (Å²) in [5.74, 6) is -1.91. The van der Waals surface area contributed by atoms with Gasteiger partial charge in [0, 0.05) is 10.6 Å². The van der Waals surface area contributed by atoms with Crippen molar-refractivity contribution in [2.24, 2.45) is 0 Å². The van der Waals surface area contributed by atoms with E-state index in [1.54, 1.807) is 35.8 Å². The van der Waals surface area contributed by atoms with Crippen LogP contribution in [0.3, 0.4) is 0 Å². The van der Waals surface area contributed by atoms with Crippen LogP contribution in [0.25, 0.3) is 0 Å². The molecular formula is C18H18ClNO4S2. The maximum absolute atomic E-state index is 12.9. The molecule has 0 aliphatic heterocycles. The summed E-state index contributed by atoms with van der Waals surface area (Å²) < 4.78 is 2.84. The molecule has 0 aliphatic rings. The van der Waals surface area contributed by atoms with Gasteiger partial charge < -0.3 is 9.83 Å². The van der Waals surface area contributed by atoms with Crippen molar-refractivity contribution in [3.05, 3.63) is 69.8 Å². The van der Waals surface area contributed by atoms with Crippen LogP contribution >= 0.6 is 35.3 Å². The third kappa shape index (κ3) is 7.95. The van der Waals surface area contributed by atoms with Gasteiger partial charge in [-0.15, -0.1) is 11.8 Å². The lowest BCUT2D eigenvalue weighted by atomic mass is 9.99. The number of carbonyl (C=O) groups excluding carboxylic acids is 2. The molecule has 138 valence electrons. The highest BCUT2D eigenvalue weighted by atomic mass is 35.5. The average Bonchev–Trinajstić information content (AvgIpc) is 2.57. The number of thioether (sulfide) groups is 1. The van der Waals surface area contributed by atoms with Crippen LogP contribution in [0.1, 0.15) is 17.3 Å². The second-order valence-corrected chi connectivity index (χ2v) is 6.90. The second kappa shape index (κ2) is 11.6. The second-order valence-electron chi connectivity index (χ2n) is 4.94. The number of ketones is 2. The van der Waals surface area contributed by atoms with Gasteiger partial charge >= 0.3 is 5.97 Å². The number of allylic oxidation sites excluding steroid dienone is 4. The molecule has 0 saturated heterocycles. The number of Topliss-reactive ketones (excluding diaryl/α,β-unsaturated/α-hetero) is 1. The largest absolute Gasteiger partial charge is 0.481 e. The molecule has 0 bridgehead atoms. The minimum Gasteiger partial charge on any atom is -0.481 e. The number of carboxylic acids is 1. The van der Waals surface area contributed by atoms with Crippen LogP contribution in [0.15, 0.2) is 59.2 Å². The Morgan fingerprint density at radius 1 is 1.31 bits per heavy atom. The number of nitrogens with one attached hydrogen (secondary N) is 1. The van der Waals surface area contributed by atoms with Crippen molar-refractivity contribution >= 4 is 52.8 Å². The maximum Gasteiger partial charge on any atom is 0.315 e. The molecule has 0 aliphatic carbocycles. The van der Waals surface area contributed by atoms with Gasteiger partial charge in [-0.2, -0.15) is 0 Å². The fraction of sp³-hybridized carbons (Fsp3) is 0.167. The molecule has 5 nitrogen and oxygen atoms in total. The SMILES string of the molecule is CS\C=C/C=C(NSCC(=O)O)\C(=C\C(C)=O)C(=O)c1cccc(Cl)c1. The summed E-state index contributed by atoms with van der Waals surface area (Å²) in [4.78, 5) is 35.3. The minimum absolute atomic E-state index is 0.128. The summed E-state index contributed by atoms with van der Waals surface area (Å²) >= 11 is 8.32. The number of aliphatic carboxylic acids is 1. The van der Waals surface area contributed by atoms with E-state index in [4.69, 9.17) is 16.7 Å². The zero-order chi connectivity index (χ0) is 19.5.